The van der Waals surface area contributed by atoms with Crippen LogP contribution in [0.15, 0.2) is 0 Å². The Hall–Kier alpha value is -0.130. The van der Waals surface area contributed by atoms with Gasteiger partial charge in [-0.05, 0) is 18.9 Å². The van der Waals surface area contributed by atoms with Gasteiger partial charge < -0.3 is 5.32 Å². The van der Waals surface area contributed by atoms with Gasteiger partial charge in [-0.2, -0.15) is 0 Å². The van der Waals surface area contributed by atoms with Crippen molar-refractivity contribution in [2.45, 2.75) is 38.9 Å². The summed E-state index contributed by atoms with van der Waals surface area (Å²) in [5.41, 5.74) is 0. The highest BCUT2D eigenvalue weighted by molar-refractivity contribution is 7.89. The third-order valence-corrected chi connectivity index (χ3v) is 5.73. The summed E-state index contributed by atoms with van der Waals surface area (Å²) in [4.78, 5) is 0. The molecule has 0 aromatic heterocycles. The monoisotopic (exact) mass is 248 g/mol. The Bertz CT molecular complexity index is 297. The van der Waals surface area contributed by atoms with Gasteiger partial charge in [0.25, 0.3) is 0 Å². The van der Waals surface area contributed by atoms with Crippen LogP contribution in [0.2, 0.25) is 0 Å². The van der Waals surface area contributed by atoms with Crippen molar-refractivity contribution in [3.8, 4) is 0 Å². The number of sulfonamides is 1. The molecule has 0 aromatic rings. The summed E-state index contributed by atoms with van der Waals surface area (Å²) in [5, 5.41) is 2.91. The molecule has 1 aliphatic rings. The summed E-state index contributed by atoms with van der Waals surface area (Å²) in [5.74, 6) is 0.434. The minimum absolute atomic E-state index is 0.212. The zero-order valence-electron chi connectivity index (χ0n) is 10.6. The molecule has 4 nitrogen and oxygen atoms in total. The molecule has 0 radical (unpaired) electrons. The van der Waals surface area contributed by atoms with E-state index in [1.807, 2.05) is 6.92 Å². The van der Waals surface area contributed by atoms with Crippen LogP contribution in [0.5, 0.6) is 0 Å². The molecule has 1 saturated heterocycles. The lowest BCUT2D eigenvalue weighted by molar-refractivity contribution is 0.357. The first-order valence-electron chi connectivity index (χ1n) is 6.22. The molecule has 0 aromatic carbocycles. The Morgan fingerprint density at radius 1 is 1.44 bits per heavy atom. The highest BCUT2D eigenvalue weighted by Gasteiger charge is 2.33. The number of nitrogens with one attached hydrogen (secondary N) is 1. The lowest BCUT2D eigenvalue weighted by Gasteiger charge is -2.26. The molecular weight excluding hydrogens is 224 g/mol. The van der Waals surface area contributed by atoms with Gasteiger partial charge in [-0.3, -0.25) is 0 Å². The van der Waals surface area contributed by atoms with Crippen LogP contribution in [0.4, 0.5) is 0 Å². The standard InChI is InChI=1S/C11H24N2O2S/c1-4-10(3)9-13(5-2)16(14,15)11-6-7-12-8-11/h10-12H,4-9H2,1-3H3. The number of hydrogen-bond donors (Lipinski definition) is 1. The first-order chi connectivity index (χ1) is 7.52. The van der Waals surface area contributed by atoms with E-state index in [1.54, 1.807) is 4.31 Å². The second kappa shape index (κ2) is 5.98. The predicted octanol–water partition coefficient (Wildman–Crippen LogP) is 1.05. The molecule has 96 valence electrons. The molecule has 1 aliphatic heterocycles. The highest BCUT2D eigenvalue weighted by atomic mass is 32.2. The lowest BCUT2D eigenvalue weighted by Crippen LogP contribution is -2.41. The summed E-state index contributed by atoms with van der Waals surface area (Å²) in [6, 6.07) is 0. The van der Waals surface area contributed by atoms with Gasteiger partial charge in [0.2, 0.25) is 10.0 Å². The van der Waals surface area contributed by atoms with Crippen molar-refractivity contribution >= 4 is 10.0 Å². The van der Waals surface area contributed by atoms with Crippen LogP contribution in [-0.4, -0.2) is 44.2 Å². The molecule has 16 heavy (non-hydrogen) atoms. The average molecular weight is 248 g/mol. The van der Waals surface area contributed by atoms with Crippen LogP contribution in [0.25, 0.3) is 0 Å². The lowest BCUT2D eigenvalue weighted by atomic mass is 10.1. The van der Waals surface area contributed by atoms with Crippen LogP contribution < -0.4 is 5.32 Å². The van der Waals surface area contributed by atoms with Crippen LogP contribution >= 0.6 is 0 Å². The fraction of sp³-hybridized carbons (Fsp3) is 1.00. The largest absolute Gasteiger partial charge is 0.315 e. The molecule has 0 aliphatic carbocycles. The van der Waals surface area contributed by atoms with E-state index in [4.69, 9.17) is 0 Å². The van der Waals surface area contributed by atoms with Gasteiger partial charge in [0.05, 0.1) is 5.25 Å². The first-order valence-corrected chi connectivity index (χ1v) is 7.72. The molecule has 0 spiro atoms. The van der Waals surface area contributed by atoms with Crippen molar-refractivity contribution < 1.29 is 8.42 Å². The van der Waals surface area contributed by atoms with E-state index >= 15 is 0 Å². The Morgan fingerprint density at radius 3 is 2.56 bits per heavy atom. The van der Waals surface area contributed by atoms with Crippen molar-refractivity contribution in [1.82, 2.24) is 9.62 Å². The fourth-order valence-electron chi connectivity index (χ4n) is 1.98. The Labute approximate surface area is 99.5 Å². The second-order valence-corrected chi connectivity index (χ2v) is 6.84. The smallest absolute Gasteiger partial charge is 0.218 e. The van der Waals surface area contributed by atoms with Crippen molar-refractivity contribution in [2.24, 2.45) is 5.92 Å². The van der Waals surface area contributed by atoms with Crippen molar-refractivity contribution in [1.29, 1.82) is 0 Å². The maximum atomic E-state index is 12.3. The van der Waals surface area contributed by atoms with Crippen molar-refractivity contribution in [3.05, 3.63) is 0 Å². The molecule has 1 fully saturated rings. The molecule has 5 heteroatoms. The Balaban J connectivity index is 2.69. The predicted molar refractivity (Wildman–Crippen MR) is 66.9 cm³/mol. The molecular formula is C11H24N2O2S. The quantitative estimate of drug-likeness (QED) is 0.764. The van der Waals surface area contributed by atoms with E-state index in [0.29, 0.717) is 25.6 Å². The summed E-state index contributed by atoms with van der Waals surface area (Å²) < 4.78 is 26.3. The van der Waals surface area contributed by atoms with Crippen LogP contribution in [0.1, 0.15) is 33.6 Å². The maximum absolute atomic E-state index is 12.3. The topological polar surface area (TPSA) is 49.4 Å². The summed E-state index contributed by atoms with van der Waals surface area (Å²) >= 11 is 0. The molecule has 0 saturated carbocycles. The first kappa shape index (κ1) is 13.9. The minimum atomic E-state index is -3.09. The third kappa shape index (κ3) is 3.18. The van der Waals surface area contributed by atoms with Crippen LogP contribution in [-0.2, 0) is 10.0 Å². The van der Waals surface area contributed by atoms with Crippen molar-refractivity contribution in [3.63, 3.8) is 0 Å². The van der Waals surface area contributed by atoms with Gasteiger partial charge in [-0.1, -0.05) is 27.2 Å². The summed E-state index contributed by atoms with van der Waals surface area (Å²) in [6.07, 6.45) is 1.77. The van der Waals surface area contributed by atoms with Gasteiger partial charge in [0, 0.05) is 19.6 Å². The maximum Gasteiger partial charge on any atom is 0.218 e. The van der Waals surface area contributed by atoms with Gasteiger partial charge in [0.1, 0.15) is 0 Å². The summed E-state index contributed by atoms with van der Waals surface area (Å²) in [7, 11) is -3.09. The Morgan fingerprint density at radius 2 is 2.12 bits per heavy atom. The number of rotatable bonds is 6. The second-order valence-electron chi connectivity index (χ2n) is 4.62. The van der Waals surface area contributed by atoms with Crippen molar-refractivity contribution in [2.75, 3.05) is 26.2 Å². The molecule has 1 heterocycles. The zero-order chi connectivity index (χ0) is 12.2. The molecule has 2 atom stereocenters. The Kier molecular flexibility index (Phi) is 5.21. The van der Waals surface area contributed by atoms with Crippen LogP contribution in [0, 0.1) is 5.92 Å². The van der Waals surface area contributed by atoms with Gasteiger partial charge >= 0.3 is 0 Å². The minimum Gasteiger partial charge on any atom is -0.315 e. The molecule has 1 rings (SSSR count). The summed E-state index contributed by atoms with van der Waals surface area (Å²) in [6.45, 7) is 8.80. The van der Waals surface area contributed by atoms with Gasteiger partial charge in [0.15, 0.2) is 0 Å². The normalized spacial score (nSPS) is 23.9. The van der Waals surface area contributed by atoms with E-state index in [9.17, 15) is 8.42 Å². The fourth-order valence-corrected chi connectivity index (χ4v) is 3.97. The third-order valence-electron chi connectivity index (χ3n) is 3.36. The van der Waals surface area contributed by atoms with Gasteiger partial charge in [-0.15, -0.1) is 0 Å². The van der Waals surface area contributed by atoms with E-state index < -0.39 is 10.0 Å². The zero-order valence-corrected chi connectivity index (χ0v) is 11.4. The number of hydrogen-bond acceptors (Lipinski definition) is 3. The highest BCUT2D eigenvalue weighted by Crippen LogP contribution is 2.17. The molecule has 0 bridgehead atoms. The van der Waals surface area contributed by atoms with E-state index in [2.05, 4.69) is 19.2 Å². The molecule has 2 unspecified atom stereocenters. The van der Waals surface area contributed by atoms with E-state index in [0.717, 1.165) is 19.4 Å². The SMILES string of the molecule is CCC(C)CN(CC)S(=O)(=O)C1CCNC1. The molecule has 1 N–H and O–H groups in total. The molecule has 0 amide bonds. The van der Waals surface area contributed by atoms with Gasteiger partial charge in [-0.25, -0.2) is 12.7 Å². The van der Waals surface area contributed by atoms with E-state index in [-0.39, 0.29) is 5.25 Å². The number of nitrogens with zero attached hydrogens (tertiary/aromatic N) is 1. The van der Waals surface area contributed by atoms with E-state index in [1.165, 1.54) is 0 Å². The average Bonchev–Trinajstić information content (AvgIpc) is 2.78. The van der Waals surface area contributed by atoms with Crippen LogP contribution in [0.3, 0.4) is 0 Å².